The molecule has 0 bridgehead atoms. The van der Waals surface area contributed by atoms with E-state index in [2.05, 4.69) is 34.0 Å². The number of carbonyl (C=O) groups excluding carboxylic acids is 1. The second kappa shape index (κ2) is 10.0. The van der Waals surface area contributed by atoms with E-state index in [1.165, 1.54) is 5.56 Å². The molecule has 0 atom stereocenters. The summed E-state index contributed by atoms with van der Waals surface area (Å²) < 4.78 is 7.52. The maximum absolute atomic E-state index is 12.9. The normalized spacial score (nSPS) is 13.9. The van der Waals surface area contributed by atoms with E-state index in [9.17, 15) is 4.79 Å². The summed E-state index contributed by atoms with van der Waals surface area (Å²) >= 11 is 0. The van der Waals surface area contributed by atoms with Crippen LogP contribution in [0.2, 0.25) is 0 Å². The smallest absolute Gasteiger partial charge is 0.253 e. The molecule has 3 heterocycles. The fraction of sp³-hybridized carbons (Fsp3) is 0.440. The molecule has 1 aromatic carbocycles. The van der Waals surface area contributed by atoms with Crippen molar-refractivity contribution in [2.75, 3.05) is 37.7 Å². The number of carbonyl (C=O) groups is 1. The predicted octanol–water partition coefficient (Wildman–Crippen LogP) is 3.73. The number of hydrogen-bond acceptors (Lipinski definition) is 6. The lowest BCUT2D eigenvalue weighted by molar-refractivity contribution is 0.0746. The van der Waals surface area contributed by atoms with Crippen LogP contribution in [0.5, 0.6) is 5.75 Å². The van der Waals surface area contributed by atoms with Crippen molar-refractivity contribution in [3.8, 4) is 11.6 Å². The van der Waals surface area contributed by atoms with Crippen LogP contribution in [0.1, 0.15) is 47.1 Å². The Balaban J connectivity index is 1.34. The molecule has 8 heteroatoms. The number of nitrogens with zero attached hydrogens (tertiary/aromatic N) is 6. The number of aromatic nitrogens is 4. The molecule has 1 fully saturated rings. The third kappa shape index (κ3) is 4.99. The van der Waals surface area contributed by atoms with Crippen molar-refractivity contribution in [3.05, 3.63) is 58.9 Å². The summed E-state index contributed by atoms with van der Waals surface area (Å²) in [5, 5.41) is 13.4. The van der Waals surface area contributed by atoms with Crippen LogP contribution in [0.15, 0.2) is 36.4 Å². The van der Waals surface area contributed by atoms with Gasteiger partial charge in [0.25, 0.3) is 5.91 Å². The Hall–Kier alpha value is -3.42. The second-order valence-corrected chi connectivity index (χ2v) is 8.46. The third-order valence-electron chi connectivity index (χ3n) is 6.27. The van der Waals surface area contributed by atoms with Gasteiger partial charge in [0.2, 0.25) is 0 Å². The lowest BCUT2D eigenvalue weighted by atomic mass is 10.1. The van der Waals surface area contributed by atoms with E-state index in [1.54, 1.807) is 0 Å². The number of rotatable bonds is 7. The lowest BCUT2D eigenvalue weighted by Gasteiger charge is -2.35. The van der Waals surface area contributed by atoms with Crippen molar-refractivity contribution in [2.24, 2.45) is 0 Å². The van der Waals surface area contributed by atoms with Gasteiger partial charge in [-0.1, -0.05) is 13.3 Å². The topological polar surface area (TPSA) is 76.4 Å². The highest BCUT2D eigenvalue weighted by atomic mass is 16.5. The van der Waals surface area contributed by atoms with E-state index in [-0.39, 0.29) is 5.91 Å². The van der Waals surface area contributed by atoms with Gasteiger partial charge in [-0.3, -0.25) is 4.79 Å². The summed E-state index contributed by atoms with van der Waals surface area (Å²) in [5.74, 6) is 2.39. The number of unbranched alkanes of at least 4 members (excludes halogenated alkanes) is 1. The lowest BCUT2D eigenvalue weighted by Crippen LogP contribution is -2.49. The van der Waals surface area contributed by atoms with E-state index in [4.69, 9.17) is 4.74 Å². The van der Waals surface area contributed by atoms with Crippen molar-refractivity contribution in [1.29, 1.82) is 0 Å². The van der Waals surface area contributed by atoms with Crippen LogP contribution < -0.4 is 9.64 Å². The van der Waals surface area contributed by atoms with Gasteiger partial charge in [-0.2, -0.15) is 5.10 Å². The van der Waals surface area contributed by atoms with Crippen LogP contribution in [-0.4, -0.2) is 63.6 Å². The highest BCUT2D eigenvalue weighted by molar-refractivity contribution is 5.94. The summed E-state index contributed by atoms with van der Waals surface area (Å²) in [6, 6.07) is 11.4. The number of ether oxygens (including phenoxy) is 1. The standard InChI is InChI=1S/C25H32N6O2/c1-5-6-17-33-22-9-7-21(8-10-22)25(32)30-15-13-29(14-16-30)23-11-12-24(27-26-23)31-20(4)18(2)19(3)28-31/h7-12H,5-6,13-17H2,1-4H3. The summed E-state index contributed by atoms with van der Waals surface area (Å²) in [6.45, 7) is 11.7. The first-order chi connectivity index (χ1) is 16.0. The van der Waals surface area contributed by atoms with Crippen molar-refractivity contribution in [3.63, 3.8) is 0 Å². The van der Waals surface area contributed by atoms with Gasteiger partial charge in [-0.15, -0.1) is 10.2 Å². The van der Waals surface area contributed by atoms with Crippen molar-refractivity contribution in [2.45, 2.75) is 40.5 Å². The minimum atomic E-state index is 0.0519. The molecule has 0 spiro atoms. The fourth-order valence-corrected chi connectivity index (χ4v) is 3.89. The van der Waals surface area contributed by atoms with Crippen molar-refractivity contribution < 1.29 is 9.53 Å². The zero-order valence-corrected chi connectivity index (χ0v) is 19.9. The molecule has 8 nitrogen and oxygen atoms in total. The molecule has 1 amide bonds. The van der Waals surface area contributed by atoms with Gasteiger partial charge < -0.3 is 14.5 Å². The summed E-state index contributed by atoms with van der Waals surface area (Å²) in [5.41, 5.74) is 3.93. The van der Waals surface area contributed by atoms with Crippen molar-refractivity contribution >= 4 is 11.7 Å². The van der Waals surface area contributed by atoms with Crippen LogP contribution in [0.25, 0.3) is 5.82 Å². The Morgan fingerprint density at radius 2 is 1.61 bits per heavy atom. The monoisotopic (exact) mass is 448 g/mol. The van der Waals surface area contributed by atoms with Gasteiger partial charge >= 0.3 is 0 Å². The molecule has 0 radical (unpaired) electrons. The molecule has 0 saturated carbocycles. The number of anilines is 1. The molecule has 174 valence electrons. The average Bonchev–Trinajstić information content (AvgIpc) is 3.11. The number of piperazine rings is 1. The molecular weight excluding hydrogens is 416 g/mol. The molecular formula is C25H32N6O2. The Labute approximate surface area is 195 Å². The van der Waals surface area contributed by atoms with E-state index in [1.807, 2.05) is 59.8 Å². The highest BCUT2D eigenvalue weighted by Crippen LogP contribution is 2.19. The van der Waals surface area contributed by atoms with Gasteiger partial charge in [0, 0.05) is 37.4 Å². The van der Waals surface area contributed by atoms with E-state index < -0.39 is 0 Å². The molecule has 1 aliphatic heterocycles. The van der Waals surface area contributed by atoms with Crippen LogP contribution in [0.3, 0.4) is 0 Å². The van der Waals surface area contributed by atoms with Gasteiger partial charge in [-0.25, -0.2) is 4.68 Å². The van der Waals surface area contributed by atoms with Gasteiger partial charge in [0.05, 0.1) is 12.3 Å². The maximum atomic E-state index is 12.9. The molecule has 4 rings (SSSR count). The Morgan fingerprint density at radius 3 is 2.18 bits per heavy atom. The van der Waals surface area contributed by atoms with Gasteiger partial charge in [0.1, 0.15) is 5.75 Å². The van der Waals surface area contributed by atoms with E-state index >= 15 is 0 Å². The van der Waals surface area contributed by atoms with Crippen LogP contribution in [0.4, 0.5) is 5.82 Å². The van der Waals surface area contributed by atoms with E-state index in [0.29, 0.717) is 31.1 Å². The summed E-state index contributed by atoms with van der Waals surface area (Å²) in [4.78, 5) is 17.0. The fourth-order valence-electron chi connectivity index (χ4n) is 3.89. The molecule has 2 aromatic heterocycles. The third-order valence-corrected chi connectivity index (χ3v) is 6.27. The minimum Gasteiger partial charge on any atom is -0.494 e. The van der Waals surface area contributed by atoms with Crippen LogP contribution >= 0.6 is 0 Å². The number of amides is 1. The van der Waals surface area contributed by atoms with Crippen LogP contribution in [0, 0.1) is 20.8 Å². The summed E-state index contributed by atoms with van der Waals surface area (Å²) in [7, 11) is 0. The minimum absolute atomic E-state index is 0.0519. The number of aryl methyl sites for hydroxylation is 1. The molecule has 0 N–H and O–H groups in total. The zero-order valence-electron chi connectivity index (χ0n) is 19.9. The molecule has 33 heavy (non-hydrogen) atoms. The first kappa shape index (κ1) is 22.8. The van der Waals surface area contributed by atoms with Gasteiger partial charge in [0.15, 0.2) is 11.6 Å². The second-order valence-electron chi connectivity index (χ2n) is 8.46. The first-order valence-corrected chi connectivity index (χ1v) is 11.6. The molecule has 0 aliphatic carbocycles. The Morgan fingerprint density at radius 1 is 0.939 bits per heavy atom. The summed E-state index contributed by atoms with van der Waals surface area (Å²) in [6.07, 6.45) is 2.13. The van der Waals surface area contributed by atoms with Crippen LogP contribution in [-0.2, 0) is 0 Å². The number of benzene rings is 1. The van der Waals surface area contributed by atoms with E-state index in [0.717, 1.165) is 48.9 Å². The molecule has 0 unspecified atom stereocenters. The molecule has 1 aliphatic rings. The Kier molecular flexibility index (Phi) is 6.91. The first-order valence-electron chi connectivity index (χ1n) is 11.6. The highest BCUT2D eigenvalue weighted by Gasteiger charge is 2.23. The quantitative estimate of drug-likeness (QED) is 0.513. The largest absolute Gasteiger partial charge is 0.494 e. The van der Waals surface area contributed by atoms with Crippen molar-refractivity contribution in [1.82, 2.24) is 24.9 Å². The predicted molar refractivity (Wildman–Crippen MR) is 128 cm³/mol. The van der Waals surface area contributed by atoms with Gasteiger partial charge in [-0.05, 0) is 69.2 Å². The number of hydrogen-bond donors (Lipinski definition) is 0. The SMILES string of the molecule is CCCCOc1ccc(C(=O)N2CCN(c3ccc(-n4nc(C)c(C)c4C)nn3)CC2)cc1. The zero-order chi connectivity index (χ0) is 23.4. The maximum Gasteiger partial charge on any atom is 0.253 e. The Bertz CT molecular complexity index is 1080. The molecule has 1 saturated heterocycles. The molecule has 3 aromatic rings. The average molecular weight is 449 g/mol.